The third-order valence-corrected chi connectivity index (χ3v) is 6.29. The minimum absolute atomic E-state index is 0.0118. The summed E-state index contributed by atoms with van der Waals surface area (Å²) in [6.45, 7) is 6.56. The molecule has 0 saturated carbocycles. The van der Waals surface area contributed by atoms with Crippen LogP contribution in [0.5, 0.6) is 11.5 Å². The molecule has 0 aliphatic carbocycles. The Bertz CT molecular complexity index is 1550. The highest BCUT2D eigenvalue weighted by molar-refractivity contribution is 6.31. The second-order valence-corrected chi connectivity index (χ2v) is 9.64. The molecule has 7 nitrogen and oxygen atoms in total. The Labute approximate surface area is 213 Å². The molecule has 0 saturated heterocycles. The summed E-state index contributed by atoms with van der Waals surface area (Å²) in [5.74, 6) is 1.37. The predicted octanol–water partition coefficient (Wildman–Crippen LogP) is 5.94. The second kappa shape index (κ2) is 9.32. The van der Waals surface area contributed by atoms with Gasteiger partial charge in [0.15, 0.2) is 16.9 Å². The molecule has 1 atom stereocenters. The van der Waals surface area contributed by atoms with Crippen LogP contribution < -0.4 is 19.8 Å². The van der Waals surface area contributed by atoms with Gasteiger partial charge in [-0.15, -0.1) is 0 Å². The van der Waals surface area contributed by atoms with Gasteiger partial charge in [-0.05, 0) is 66.4 Å². The van der Waals surface area contributed by atoms with E-state index < -0.39 is 11.9 Å². The molecule has 36 heavy (non-hydrogen) atoms. The SMILES string of the molecule is COc1cc(C2c3c(oc4ccc(Cl)cc4c3=O)C(=O)N2c2cc(C)ccn2)ccc1OCC(C)C. The summed E-state index contributed by atoms with van der Waals surface area (Å²) in [6.07, 6.45) is 1.63. The van der Waals surface area contributed by atoms with E-state index in [1.54, 1.807) is 49.7 Å². The number of carbonyl (C=O) groups is 1. The van der Waals surface area contributed by atoms with E-state index in [1.165, 1.54) is 4.90 Å². The highest BCUT2D eigenvalue weighted by Gasteiger charge is 2.44. The van der Waals surface area contributed by atoms with E-state index in [0.717, 1.165) is 5.56 Å². The summed E-state index contributed by atoms with van der Waals surface area (Å²) in [6, 6.07) is 13.0. The molecule has 2 aromatic heterocycles. The minimum atomic E-state index is -0.783. The summed E-state index contributed by atoms with van der Waals surface area (Å²) in [4.78, 5) is 33.4. The van der Waals surface area contributed by atoms with E-state index >= 15 is 0 Å². The molecule has 4 aromatic rings. The highest BCUT2D eigenvalue weighted by Crippen LogP contribution is 2.43. The number of methoxy groups -OCH3 is 1. The van der Waals surface area contributed by atoms with Gasteiger partial charge in [-0.1, -0.05) is 31.5 Å². The lowest BCUT2D eigenvalue weighted by Gasteiger charge is -2.25. The van der Waals surface area contributed by atoms with Gasteiger partial charge in [0.2, 0.25) is 5.76 Å². The Morgan fingerprint density at radius 3 is 2.61 bits per heavy atom. The van der Waals surface area contributed by atoms with Crippen molar-refractivity contribution in [2.75, 3.05) is 18.6 Å². The van der Waals surface area contributed by atoms with E-state index in [0.29, 0.717) is 51.4 Å². The van der Waals surface area contributed by atoms with Crippen molar-refractivity contribution in [3.8, 4) is 11.5 Å². The van der Waals surface area contributed by atoms with E-state index in [4.69, 9.17) is 25.5 Å². The van der Waals surface area contributed by atoms with Crippen LogP contribution in [0.2, 0.25) is 5.02 Å². The molecular weight excluding hydrogens is 480 g/mol. The molecular formula is C28H25ClN2O5. The first-order valence-electron chi connectivity index (χ1n) is 11.6. The molecule has 0 N–H and O–H groups in total. The van der Waals surface area contributed by atoms with Crippen LogP contribution in [-0.2, 0) is 0 Å². The summed E-state index contributed by atoms with van der Waals surface area (Å²) in [5.41, 5.74) is 1.79. The molecule has 1 amide bonds. The normalized spacial score (nSPS) is 15.0. The maximum atomic E-state index is 13.8. The van der Waals surface area contributed by atoms with Gasteiger partial charge in [-0.2, -0.15) is 0 Å². The number of carbonyl (C=O) groups excluding carboxylic acids is 1. The van der Waals surface area contributed by atoms with Gasteiger partial charge in [-0.25, -0.2) is 4.98 Å². The van der Waals surface area contributed by atoms with Crippen molar-refractivity contribution >= 4 is 34.3 Å². The van der Waals surface area contributed by atoms with Crippen molar-refractivity contribution in [3.05, 3.63) is 92.4 Å². The first-order chi connectivity index (χ1) is 17.3. The number of benzene rings is 2. The third-order valence-electron chi connectivity index (χ3n) is 6.06. The van der Waals surface area contributed by atoms with Crippen molar-refractivity contribution < 1.29 is 18.7 Å². The minimum Gasteiger partial charge on any atom is -0.493 e. The van der Waals surface area contributed by atoms with Crippen LogP contribution >= 0.6 is 11.6 Å². The molecule has 3 heterocycles. The molecule has 1 unspecified atom stereocenters. The van der Waals surface area contributed by atoms with Crippen molar-refractivity contribution in [2.45, 2.75) is 26.8 Å². The van der Waals surface area contributed by atoms with Crippen LogP contribution in [0.25, 0.3) is 11.0 Å². The zero-order chi connectivity index (χ0) is 25.6. The Morgan fingerprint density at radius 1 is 1.08 bits per heavy atom. The van der Waals surface area contributed by atoms with Crippen LogP contribution in [0.3, 0.4) is 0 Å². The Hall–Kier alpha value is -3.84. The van der Waals surface area contributed by atoms with E-state index in [1.807, 2.05) is 19.1 Å². The molecule has 0 bridgehead atoms. The van der Waals surface area contributed by atoms with Crippen molar-refractivity contribution in [3.63, 3.8) is 0 Å². The first kappa shape index (κ1) is 23.9. The number of pyridine rings is 1. The van der Waals surface area contributed by atoms with Crippen LogP contribution in [0.4, 0.5) is 5.82 Å². The summed E-state index contributed by atoms with van der Waals surface area (Å²) in [7, 11) is 1.55. The number of ether oxygens (including phenoxy) is 2. The van der Waals surface area contributed by atoms with Gasteiger partial charge in [0.05, 0.1) is 30.7 Å². The van der Waals surface area contributed by atoms with E-state index in [-0.39, 0.29) is 16.8 Å². The first-order valence-corrected chi connectivity index (χ1v) is 12.0. The molecule has 0 fully saturated rings. The maximum Gasteiger partial charge on any atom is 0.296 e. The average Bonchev–Trinajstić information content (AvgIpc) is 3.15. The third kappa shape index (κ3) is 4.09. The zero-order valence-electron chi connectivity index (χ0n) is 20.4. The van der Waals surface area contributed by atoms with Crippen LogP contribution in [-0.4, -0.2) is 24.6 Å². The van der Waals surface area contributed by atoms with Gasteiger partial charge in [0, 0.05) is 11.2 Å². The largest absolute Gasteiger partial charge is 0.493 e. The molecule has 5 rings (SSSR count). The molecule has 8 heteroatoms. The van der Waals surface area contributed by atoms with Crippen molar-refractivity contribution in [1.29, 1.82) is 0 Å². The fourth-order valence-electron chi connectivity index (χ4n) is 4.38. The van der Waals surface area contributed by atoms with Gasteiger partial charge < -0.3 is 13.9 Å². The van der Waals surface area contributed by atoms with Gasteiger partial charge >= 0.3 is 0 Å². The standard InChI is InChI=1S/C28H25ClN2O5/c1-15(2)14-35-21-7-5-17(12-22(21)34-4)25-24-26(32)19-13-18(29)6-8-20(19)36-27(24)28(33)31(25)23-11-16(3)9-10-30-23/h5-13,15,25H,14H2,1-4H3. The smallest absolute Gasteiger partial charge is 0.296 e. The molecule has 184 valence electrons. The van der Waals surface area contributed by atoms with Gasteiger partial charge in [-0.3, -0.25) is 14.5 Å². The lowest BCUT2D eigenvalue weighted by molar-refractivity contribution is 0.0970. The van der Waals surface area contributed by atoms with Gasteiger partial charge in [0.25, 0.3) is 5.91 Å². The molecule has 0 spiro atoms. The number of hydrogen-bond donors (Lipinski definition) is 0. The number of halogens is 1. The summed E-state index contributed by atoms with van der Waals surface area (Å²) in [5, 5.41) is 0.711. The van der Waals surface area contributed by atoms with E-state index in [9.17, 15) is 9.59 Å². The Kier molecular flexibility index (Phi) is 6.18. The highest BCUT2D eigenvalue weighted by atomic mass is 35.5. The molecule has 2 aromatic carbocycles. The van der Waals surface area contributed by atoms with Crippen molar-refractivity contribution in [1.82, 2.24) is 4.98 Å². The number of fused-ring (bicyclic) bond motifs is 2. The summed E-state index contributed by atoms with van der Waals surface area (Å²) >= 11 is 6.18. The number of aryl methyl sites for hydroxylation is 1. The number of rotatable bonds is 6. The zero-order valence-corrected chi connectivity index (χ0v) is 21.1. The van der Waals surface area contributed by atoms with Crippen LogP contribution in [0.1, 0.15) is 47.1 Å². The topological polar surface area (TPSA) is 81.9 Å². The predicted molar refractivity (Wildman–Crippen MR) is 138 cm³/mol. The summed E-state index contributed by atoms with van der Waals surface area (Å²) < 4.78 is 17.5. The van der Waals surface area contributed by atoms with Crippen LogP contribution in [0.15, 0.2) is 63.9 Å². The lowest BCUT2D eigenvalue weighted by atomic mass is 9.98. The Morgan fingerprint density at radius 2 is 1.89 bits per heavy atom. The second-order valence-electron chi connectivity index (χ2n) is 9.20. The van der Waals surface area contributed by atoms with Gasteiger partial charge in [0.1, 0.15) is 11.4 Å². The van der Waals surface area contributed by atoms with Crippen LogP contribution in [0, 0.1) is 12.8 Å². The lowest BCUT2D eigenvalue weighted by Crippen LogP contribution is -2.30. The fraction of sp³-hybridized carbons (Fsp3) is 0.250. The monoisotopic (exact) mass is 504 g/mol. The fourth-order valence-corrected chi connectivity index (χ4v) is 4.55. The molecule has 1 aliphatic heterocycles. The molecule has 1 aliphatic rings. The number of anilines is 1. The number of aromatic nitrogens is 1. The maximum absolute atomic E-state index is 13.8. The molecule has 0 radical (unpaired) electrons. The number of hydrogen-bond acceptors (Lipinski definition) is 6. The van der Waals surface area contributed by atoms with E-state index in [2.05, 4.69) is 18.8 Å². The quantitative estimate of drug-likeness (QED) is 0.323. The Balaban J connectivity index is 1.74. The number of amides is 1. The number of nitrogens with zero attached hydrogens (tertiary/aromatic N) is 2. The average molecular weight is 505 g/mol. The van der Waals surface area contributed by atoms with Crippen molar-refractivity contribution in [2.24, 2.45) is 5.92 Å².